The number of pyridine rings is 1. The number of hydrogen-bond acceptors (Lipinski definition) is 9. The van der Waals surface area contributed by atoms with Crippen molar-refractivity contribution in [2.24, 2.45) is 11.7 Å². The van der Waals surface area contributed by atoms with Crippen molar-refractivity contribution >= 4 is 28.9 Å². The van der Waals surface area contributed by atoms with Crippen LogP contribution in [-0.4, -0.2) is 83.1 Å². The van der Waals surface area contributed by atoms with Gasteiger partial charge < -0.3 is 30.3 Å². The molecule has 13 heteroatoms. The highest BCUT2D eigenvalue weighted by molar-refractivity contribution is 5.74. The molecule has 2 fully saturated rings. The third kappa shape index (κ3) is 5.64. The van der Waals surface area contributed by atoms with Crippen LogP contribution in [0.5, 0.6) is 0 Å². The number of hydrogen-bond donors (Lipinski definition) is 2. The van der Waals surface area contributed by atoms with E-state index in [2.05, 4.69) is 25.3 Å². The number of nitrogens with zero attached hydrogens (tertiary/aromatic N) is 6. The number of rotatable bonds is 6. The average molecular weight is 607 g/mol. The number of carbonyl (C=O) groups is 1. The Morgan fingerprint density at radius 1 is 1.14 bits per heavy atom. The van der Waals surface area contributed by atoms with Gasteiger partial charge in [-0.05, 0) is 60.6 Å². The van der Waals surface area contributed by atoms with E-state index in [1.165, 1.54) is 23.8 Å². The van der Waals surface area contributed by atoms with Gasteiger partial charge in [0.05, 0.1) is 53.7 Å². The summed E-state index contributed by atoms with van der Waals surface area (Å²) in [6, 6.07) is 7.49. The highest BCUT2D eigenvalue weighted by Gasteiger charge is 2.38. The second kappa shape index (κ2) is 12.3. The van der Waals surface area contributed by atoms with Crippen molar-refractivity contribution in [2.75, 3.05) is 50.7 Å². The van der Waals surface area contributed by atoms with Crippen molar-refractivity contribution in [3.8, 4) is 11.3 Å². The van der Waals surface area contributed by atoms with Crippen LogP contribution in [0.15, 0.2) is 48.9 Å². The molecule has 6 rings (SSSR count). The van der Waals surface area contributed by atoms with E-state index >= 15 is 8.78 Å². The van der Waals surface area contributed by atoms with Gasteiger partial charge in [-0.1, -0.05) is 6.92 Å². The number of halogens is 2. The van der Waals surface area contributed by atoms with Gasteiger partial charge in [0, 0.05) is 45.6 Å². The number of amides is 1. The fraction of sp³-hybridized carbons (Fsp3) is 0.419. The largest absolute Gasteiger partial charge is 0.453 e. The Balaban J connectivity index is 1.27. The van der Waals surface area contributed by atoms with E-state index in [0.29, 0.717) is 49.0 Å². The van der Waals surface area contributed by atoms with Crippen LogP contribution in [0, 0.1) is 17.6 Å². The zero-order valence-electron chi connectivity index (χ0n) is 24.9. The van der Waals surface area contributed by atoms with Gasteiger partial charge in [0.1, 0.15) is 11.6 Å². The summed E-state index contributed by atoms with van der Waals surface area (Å²) in [5, 5.41) is 7.88. The summed E-state index contributed by atoms with van der Waals surface area (Å²) in [5.41, 5.74) is 9.32. The summed E-state index contributed by atoms with van der Waals surface area (Å²) < 4.78 is 42.6. The van der Waals surface area contributed by atoms with E-state index < -0.39 is 17.7 Å². The SMILES string of the molecule is COC(=O)N(C)[C@@H]1[C@H](N)CN(c2ccncc2Nc2ncc3ccc(-c4c(F)cc(C5CCOCC5)cc4F)nn23)C[C@@H]1C. The fourth-order valence-corrected chi connectivity index (χ4v) is 6.53. The molecule has 2 aliphatic rings. The molecule has 5 heterocycles. The van der Waals surface area contributed by atoms with Gasteiger partial charge in [-0.3, -0.25) is 4.98 Å². The maximum absolute atomic E-state index is 15.4. The van der Waals surface area contributed by atoms with Crippen molar-refractivity contribution in [1.29, 1.82) is 0 Å². The van der Waals surface area contributed by atoms with Gasteiger partial charge in [-0.25, -0.2) is 18.6 Å². The Morgan fingerprint density at radius 3 is 2.59 bits per heavy atom. The monoisotopic (exact) mass is 606 g/mol. The molecule has 3 aromatic heterocycles. The summed E-state index contributed by atoms with van der Waals surface area (Å²) in [7, 11) is 3.05. The predicted molar refractivity (Wildman–Crippen MR) is 162 cm³/mol. The Kier molecular flexibility index (Phi) is 8.32. The molecular weight excluding hydrogens is 570 g/mol. The van der Waals surface area contributed by atoms with E-state index in [1.807, 2.05) is 13.0 Å². The summed E-state index contributed by atoms with van der Waals surface area (Å²) in [4.78, 5) is 24.7. The third-order valence-electron chi connectivity index (χ3n) is 8.65. The van der Waals surface area contributed by atoms with Gasteiger partial charge in [0.15, 0.2) is 0 Å². The fourth-order valence-electron chi connectivity index (χ4n) is 6.53. The van der Waals surface area contributed by atoms with Crippen LogP contribution in [0.1, 0.15) is 31.2 Å². The van der Waals surface area contributed by atoms with Gasteiger partial charge in [0.25, 0.3) is 0 Å². The Bertz CT molecular complexity index is 1630. The smallest absolute Gasteiger partial charge is 0.409 e. The number of aromatic nitrogens is 4. The van der Waals surface area contributed by atoms with Crippen molar-refractivity contribution in [1.82, 2.24) is 24.5 Å². The number of anilines is 3. The lowest BCUT2D eigenvalue weighted by atomic mass is 9.89. The van der Waals surface area contributed by atoms with Gasteiger partial charge in [0.2, 0.25) is 5.95 Å². The Morgan fingerprint density at radius 2 is 1.89 bits per heavy atom. The number of nitrogens with one attached hydrogen (secondary N) is 1. The molecule has 232 valence electrons. The lowest BCUT2D eigenvalue weighted by Crippen LogP contribution is -2.62. The van der Waals surface area contributed by atoms with E-state index in [-0.39, 0.29) is 35.2 Å². The number of likely N-dealkylation sites (N-methyl/N-ethyl adjacent to an activating group) is 1. The molecule has 44 heavy (non-hydrogen) atoms. The Hall–Kier alpha value is -4.36. The molecule has 0 saturated carbocycles. The number of carbonyl (C=O) groups excluding carboxylic acids is 1. The summed E-state index contributed by atoms with van der Waals surface area (Å²) in [6.07, 6.45) is 6.04. The minimum absolute atomic E-state index is 0.0444. The first-order valence-corrected chi connectivity index (χ1v) is 14.7. The normalized spacial score (nSPS) is 21.0. The molecule has 3 atom stereocenters. The number of ether oxygens (including phenoxy) is 2. The van der Waals surface area contributed by atoms with E-state index in [1.54, 1.807) is 42.7 Å². The van der Waals surface area contributed by atoms with Crippen LogP contribution in [-0.2, 0) is 9.47 Å². The highest BCUT2D eigenvalue weighted by Crippen LogP contribution is 2.34. The quantitative estimate of drug-likeness (QED) is 0.325. The molecule has 0 aliphatic carbocycles. The van der Waals surface area contributed by atoms with Crippen LogP contribution >= 0.6 is 0 Å². The molecule has 0 bridgehead atoms. The molecule has 3 N–H and O–H groups in total. The molecular formula is C31H36F2N8O3. The first kappa shape index (κ1) is 29.7. The Labute approximate surface area is 254 Å². The summed E-state index contributed by atoms with van der Waals surface area (Å²) in [6.45, 7) is 4.33. The number of piperidine rings is 1. The van der Waals surface area contributed by atoms with Crippen LogP contribution in [0.3, 0.4) is 0 Å². The molecule has 1 amide bonds. The van der Waals surface area contributed by atoms with Crippen LogP contribution in [0.25, 0.3) is 16.8 Å². The second-order valence-electron chi connectivity index (χ2n) is 11.5. The zero-order valence-corrected chi connectivity index (χ0v) is 24.9. The molecule has 2 aliphatic heterocycles. The first-order valence-electron chi connectivity index (χ1n) is 14.7. The summed E-state index contributed by atoms with van der Waals surface area (Å²) in [5.74, 6) is -0.854. The molecule has 2 saturated heterocycles. The number of fused-ring (bicyclic) bond motifs is 1. The van der Waals surface area contributed by atoms with Gasteiger partial charge in [-0.15, -0.1) is 0 Å². The highest BCUT2D eigenvalue weighted by atomic mass is 19.1. The minimum atomic E-state index is -0.658. The number of benzene rings is 1. The zero-order chi connectivity index (χ0) is 31.0. The van der Waals surface area contributed by atoms with Gasteiger partial charge >= 0.3 is 6.09 Å². The average Bonchev–Trinajstić information content (AvgIpc) is 3.42. The number of imidazole rings is 1. The number of nitrogens with two attached hydrogens (primary N) is 1. The van der Waals surface area contributed by atoms with E-state index in [9.17, 15) is 4.79 Å². The van der Waals surface area contributed by atoms with Crippen molar-refractivity contribution in [3.05, 3.63) is 66.1 Å². The lowest BCUT2D eigenvalue weighted by Gasteiger charge is -2.45. The van der Waals surface area contributed by atoms with E-state index in [4.69, 9.17) is 15.2 Å². The van der Waals surface area contributed by atoms with Crippen molar-refractivity contribution in [3.63, 3.8) is 0 Å². The first-order chi connectivity index (χ1) is 21.2. The van der Waals surface area contributed by atoms with Crippen LogP contribution in [0.4, 0.5) is 30.9 Å². The van der Waals surface area contributed by atoms with Crippen LogP contribution in [0.2, 0.25) is 0 Å². The molecule has 4 aromatic rings. The predicted octanol–water partition coefficient (Wildman–Crippen LogP) is 4.56. The standard InChI is InChI=1S/C31H36F2N8O3/c1-18-16-40(17-24(34)29(18)39(2)31(42)43-3)27-6-9-35-15-26(27)37-30-36-14-21-4-5-25(38-41(21)30)28-22(32)12-20(13-23(28)33)19-7-10-44-11-8-19/h4-6,9,12-15,18-19,24,29H,7-8,10-11,16-17,34H2,1-3H3,(H,36,37)/t18-,24+,29-/m0/s1. The molecule has 1 aromatic carbocycles. The minimum Gasteiger partial charge on any atom is -0.453 e. The molecule has 0 unspecified atom stereocenters. The topological polar surface area (TPSA) is 123 Å². The van der Waals surface area contributed by atoms with Crippen molar-refractivity contribution < 1.29 is 23.0 Å². The van der Waals surface area contributed by atoms with Crippen molar-refractivity contribution in [2.45, 2.75) is 37.8 Å². The third-order valence-corrected chi connectivity index (χ3v) is 8.65. The lowest BCUT2D eigenvalue weighted by molar-refractivity contribution is 0.0852. The maximum atomic E-state index is 15.4. The second-order valence-corrected chi connectivity index (χ2v) is 11.5. The van der Waals surface area contributed by atoms with E-state index in [0.717, 1.165) is 18.5 Å². The molecule has 11 nitrogen and oxygen atoms in total. The molecule has 0 spiro atoms. The number of methoxy groups -OCH3 is 1. The van der Waals surface area contributed by atoms with Gasteiger partial charge in [-0.2, -0.15) is 9.61 Å². The van der Waals surface area contributed by atoms with Crippen LogP contribution < -0.4 is 16.0 Å². The maximum Gasteiger partial charge on any atom is 0.409 e. The summed E-state index contributed by atoms with van der Waals surface area (Å²) >= 11 is 0. The molecule has 0 radical (unpaired) electrons.